The van der Waals surface area contributed by atoms with Gasteiger partial charge in [0.05, 0.1) is 15.9 Å². The molecule has 0 spiro atoms. The van der Waals surface area contributed by atoms with Crippen LogP contribution in [-0.2, 0) is 19.4 Å². The largest absolute Gasteiger partial charge is 0.317 e. The van der Waals surface area contributed by atoms with Crippen molar-refractivity contribution < 1.29 is 0 Å². The summed E-state index contributed by atoms with van der Waals surface area (Å²) in [6.45, 7) is 7.48. The third kappa shape index (κ3) is 3.81. The molecule has 0 amide bonds. The number of nitrogens with zero attached hydrogens (tertiary/aromatic N) is 2. The number of halogens is 1. The molecular formula is C13H24BrN3. The maximum atomic E-state index is 4.62. The van der Waals surface area contributed by atoms with E-state index in [0.717, 1.165) is 19.4 Å². The molecule has 0 saturated carbocycles. The maximum absolute atomic E-state index is 4.62. The highest BCUT2D eigenvalue weighted by Gasteiger charge is 2.13. The summed E-state index contributed by atoms with van der Waals surface area (Å²) >= 11 is 3.69. The van der Waals surface area contributed by atoms with Gasteiger partial charge in [0, 0.05) is 12.6 Å². The van der Waals surface area contributed by atoms with Gasteiger partial charge in [0.2, 0.25) is 0 Å². The van der Waals surface area contributed by atoms with Gasteiger partial charge in [0.1, 0.15) is 0 Å². The predicted molar refractivity (Wildman–Crippen MR) is 76.4 cm³/mol. The minimum Gasteiger partial charge on any atom is -0.317 e. The molecule has 0 saturated heterocycles. The predicted octanol–water partition coefficient (Wildman–Crippen LogP) is 3.16. The highest BCUT2D eigenvalue weighted by Crippen LogP contribution is 2.24. The number of nitrogens with one attached hydrogen (secondary N) is 1. The first-order chi connectivity index (χ1) is 8.13. The minimum atomic E-state index is 0.595. The van der Waals surface area contributed by atoms with E-state index in [2.05, 4.69) is 51.8 Å². The third-order valence-corrected chi connectivity index (χ3v) is 4.15. The zero-order valence-corrected chi connectivity index (χ0v) is 13.0. The van der Waals surface area contributed by atoms with E-state index in [4.69, 9.17) is 0 Å². The summed E-state index contributed by atoms with van der Waals surface area (Å²) in [4.78, 5) is 0. The number of aromatic nitrogens is 2. The second-order valence-corrected chi connectivity index (χ2v) is 5.25. The molecule has 0 bridgehead atoms. The average molecular weight is 302 g/mol. The molecule has 98 valence electrons. The SMILES string of the molecule is CCc1nn(CC)c(CCCC(C)NC)c1Br. The van der Waals surface area contributed by atoms with E-state index in [1.54, 1.807) is 0 Å². The molecule has 1 aromatic heterocycles. The van der Waals surface area contributed by atoms with Gasteiger partial charge in [0.15, 0.2) is 0 Å². The second kappa shape index (κ2) is 7.17. The van der Waals surface area contributed by atoms with Crippen molar-refractivity contribution in [2.45, 2.75) is 59.0 Å². The Labute approximate surface area is 113 Å². The van der Waals surface area contributed by atoms with Crippen molar-refractivity contribution in [1.82, 2.24) is 15.1 Å². The lowest BCUT2D eigenvalue weighted by molar-refractivity contribution is 0.526. The van der Waals surface area contributed by atoms with Crippen LogP contribution in [0, 0.1) is 0 Å². The Bertz CT molecular complexity index is 347. The monoisotopic (exact) mass is 301 g/mol. The number of rotatable bonds is 7. The Hall–Kier alpha value is -0.350. The van der Waals surface area contributed by atoms with Crippen molar-refractivity contribution in [2.75, 3.05) is 7.05 Å². The Morgan fingerprint density at radius 3 is 2.65 bits per heavy atom. The van der Waals surface area contributed by atoms with Crippen LogP contribution in [0.5, 0.6) is 0 Å². The molecule has 0 fully saturated rings. The molecule has 17 heavy (non-hydrogen) atoms. The normalized spacial score (nSPS) is 13.0. The Morgan fingerprint density at radius 2 is 2.12 bits per heavy atom. The van der Waals surface area contributed by atoms with Crippen LogP contribution in [0.15, 0.2) is 4.47 Å². The van der Waals surface area contributed by atoms with E-state index in [9.17, 15) is 0 Å². The molecule has 0 aromatic carbocycles. The summed E-state index contributed by atoms with van der Waals surface area (Å²) in [6.07, 6.45) is 4.51. The van der Waals surface area contributed by atoms with Crippen molar-refractivity contribution >= 4 is 15.9 Å². The van der Waals surface area contributed by atoms with E-state index in [0.29, 0.717) is 6.04 Å². The maximum Gasteiger partial charge on any atom is 0.0766 e. The first-order valence-corrected chi connectivity index (χ1v) is 7.34. The number of hydrogen-bond acceptors (Lipinski definition) is 2. The molecule has 4 heteroatoms. The van der Waals surface area contributed by atoms with Crippen molar-refractivity contribution in [2.24, 2.45) is 0 Å². The van der Waals surface area contributed by atoms with E-state index in [1.807, 2.05) is 7.05 Å². The molecule has 1 N–H and O–H groups in total. The average Bonchev–Trinajstić information content (AvgIpc) is 2.65. The molecule has 0 aliphatic carbocycles. The summed E-state index contributed by atoms with van der Waals surface area (Å²) in [5, 5.41) is 7.90. The fourth-order valence-electron chi connectivity index (χ4n) is 1.98. The van der Waals surface area contributed by atoms with Gasteiger partial charge in [-0.15, -0.1) is 0 Å². The zero-order chi connectivity index (χ0) is 12.8. The highest BCUT2D eigenvalue weighted by molar-refractivity contribution is 9.10. The molecule has 1 atom stereocenters. The number of hydrogen-bond donors (Lipinski definition) is 1. The first kappa shape index (κ1) is 14.7. The van der Waals surface area contributed by atoms with Gasteiger partial charge >= 0.3 is 0 Å². The molecule has 1 unspecified atom stereocenters. The van der Waals surface area contributed by atoms with Gasteiger partial charge in [-0.2, -0.15) is 5.10 Å². The van der Waals surface area contributed by atoms with E-state index in [-0.39, 0.29) is 0 Å². The van der Waals surface area contributed by atoms with Crippen LogP contribution in [0.1, 0.15) is 45.0 Å². The molecule has 3 nitrogen and oxygen atoms in total. The molecule has 1 heterocycles. The van der Waals surface area contributed by atoms with Gasteiger partial charge in [0.25, 0.3) is 0 Å². The first-order valence-electron chi connectivity index (χ1n) is 6.55. The molecule has 1 aromatic rings. The summed E-state index contributed by atoms with van der Waals surface area (Å²) in [5.41, 5.74) is 2.54. The quantitative estimate of drug-likeness (QED) is 0.838. The summed E-state index contributed by atoms with van der Waals surface area (Å²) in [6, 6.07) is 0.595. The van der Waals surface area contributed by atoms with Crippen LogP contribution >= 0.6 is 15.9 Å². The molecule has 0 aliphatic rings. The van der Waals surface area contributed by atoms with Gasteiger partial charge in [-0.05, 0) is 62.5 Å². The Kier molecular flexibility index (Phi) is 6.20. The standard InChI is InChI=1S/C13H24BrN3/c1-5-11-13(14)12(17(6-2)16-11)9-7-8-10(3)15-4/h10,15H,5-9H2,1-4H3. The smallest absolute Gasteiger partial charge is 0.0766 e. The van der Waals surface area contributed by atoms with Crippen molar-refractivity contribution in [1.29, 1.82) is 0 Å². The lowest BCUT2D eigenvalue weighted by Gasteiger charge is -2.10. The van der Waals surface area contributed by atoms with Crippen LogP contribution < -0.4 is 5.32 Å². The minimum absolute atomic E-state index is 0.595. The van der Waals surface area contributed by atoms with Gasteiger partial charge in [-0.25, -0.2) is 0 Å². The molecule has 0 radical (unpaired) electrons. The van der Waals surface area contributed by atoms with Crippen molar-refractivity contribution in [3.8, 4) is 0 Å². The van der Waals surface area contributed by atoms with Crippen molar-refractivity contribution in [3.05, 3.63) is 15.9 Å². The van der Waals surface area contributed by atoms with Gasteiger partial charge in [-0.3, -0.25) is 4.68 Å². The van der Waals surface area contributed by atoms with Gasteiger partial charge in [-0.1, -0.05) is 6.92 Å². The van der Waals surface area contributed by atoms with Crippen LogP contribution in [-0.4, -0.2) is 22.9 Å². The van der Waals surface area contributed by atoms with Gasteiger partial charge < -0.3 is 5.32 Å². The highest BCUT2D eigenvalue weighted by atomic mass is 79.9. The van der Waals surface area contributed by atoms with Crippen LogP contribution in [0.2, 0.25) is 0 Å². The Balaban J connectivity index is 2.66. The fraction of sp³-hybridized carbons (Fsp3) is 0.769. The lowest BCUT2D eigenvalue weighted by atomic mass is 10.1. The van der Waals surface area contributed by atoms with E-state index < -0.39 is 0 Å². The second-order valence-electron chi connectivity index (χ2n) is 4.46. The van der Waals surface area contributed by atoms with Crippen LogP contribution in [0.25, 0.3) is 0 Å². The third-order valence-electron chi connectivity index (χ3n) is 3.24. The molecule has 0 aliphatic heterocycles. The fourth-order valence-corrected chi connectivity index (χ4v) is 2.74. The number of aryl methyl sites for hydroxylation is 2. The van der Waals surface area contributed by atoms with Crippen molar-refractivity contribution in [3.63, 3.8) is 0 Å². The topological polar surface area (TPSA) is 29.9 Å². The van der Waals surface area contributed by atoms with Crippen LogP contribution in [0.4, 0.5) is 0 Å². The molecule has 1 rings (SSSR count). The van der Waals surface area contributed by atoms with Crippen LogP contribution in [0.3, 0.4) is 0 Å². The summed E-state index contributed by atoms with van der Waals surface area (Å²) in [7, 11) is 2.02. The van der Waals surface area contributed by atoms with E-state index >= 15 is 0 Å². The summed E-state index contributed by atoms with van der Waals surface area (Å²) in [5.74, 6) is 0. The zero-order valence-electron chi connectivity index (χ0n) is 11.4. The lowest BCUT2D eigenvalue weighted by Crippen LogP contribution is -2.21. The molecular weight excluding hydrogens is 278 g/mol. The van der Waals surface area contributed by atoms with E-state index in [1.165, 1.54) is 28.7 Å². The summed E-state index contributed by atoms with van der Waals surface area (Å²) < 4.78 is 3.35. The Morgan fingerprint density at radius 1 is 1.41 bits per heavy atom.